The molecule has 0 aromatic heterocycles. The first-order valence-electron chi connectivity index (χ1n) is 5.55. The smallest absolute Gasteiger partial charge is 0.00919 e. The monoisotopic (exact) mass is 183 g/mol. The van der Waals surface area contributed by atoms with Crippen LogP contribution in [0, 0.1) is 11.3 Å². The van der Waals surface area contributed by atoms with Gasteiger partial charge in [0.2, 0.25) is 0 Å². The maximum atomic E-state index is 2.39. The molecule has 0 aliphatic heterocycles. The van der Waals surface area contributed by atoms with E-state index in [2.05, 4.69) is 39.8 Å². The van der Waals surface area contributed by atoms with Gasteiger partial charge in [0.05, 0.1) is 0 Å². The Bertz CT molecular complexity index is 155. The molecule has 0 spiro atoms. The summed E-state index contributed by atoms with van der Waals surface area (Å²) in [5.41, 5.74) is 0.520. The van der Waals surface area contributed by atoms with E-state index in [0.29, 0.717) is 5.41 Å². The molecule has 1 nitrogen and oxygen atoms in total. The minimum absolute atomic E-state index is 0.520. The predicted molar refractivity (Wildman–Crippen MR) is 58.9 cm³/mol. The summed E-state index contributed by atoms with van der Waals surface area (Å²) in [6.07, 6.45) is 5.68. The molecule has 0 unspecified atom stereocenters. The fraction of sp³-hybridized carbons (Fsp3) is 1.00. The molecule has 13 heavy (non-hydrogen) atoms. The van der Waals surface area contributed by atoms with Crippen LogP contribution in [-0.4, -0.2) is 25.0 Å². The van der Waals surface area contributed by atoms with Gasteiger partial charge in [-0.05, 0) is 51.1 Å². The minimum Gasteiger partial charge on any atom is -0.306 e. The first kappa shape index (κ1) is 11.0. The van der Waals surface area contributed by atoms with E-state index in [1.807, 2.05) is 0 Å². The largest absolute Gasteiger partial charge is 0.306 e. The second kappa shape index (κ2) is 4.00. The van der Waals surface area contributed by atoms with Gasteiger partial charge in [-0.15, -0.1) is 0 Å². The van der Waals surface area contributed by atoms with Gasteiger partial charge >= 0.3 is 0 Å². The Morgan fingerprint density at radius 3 is 2.15 bits per heavy atom. The first-order valence-corrected chi connectivity index (χ1v) is 5.55. The van der Waals surface area contributed by atoms with Crippen molar-refractivity contribution < 1.29 is 0 Å². The molecule has 78 valence electrons. The topological polar surface area (TPSA) is 3.24 Å². The lowest BCUT2D eigenvalue weighted by atomic mass is 9.84. The normalized spacial score (nSPS) is 30.0. The van der Waals surface area contributed by atoms with E-state index < -0.39 is 0 Å². The van der Waals surface area contributed by atoms with Crippen LogP contribution in [-0.2, 0) is 0 Å². The average Bonchev–Trinajstić information content (AvgIpc) is 2.31. The Balaban J connectivity index is 2.33. The molecule has 1 heteroatoms. The van der Waals surface area contributed by atoms with Crippen molar-refractivity contribution in [2.45, 2.75) is 52.5 Å². The fourth-order valence-corrected chi connectivity index (χ4v) is 2.57. The van der Waals surface area contributed by atoms with E-state index in [1.165, 1.54) is 25.7 Å². The maximum Gasteiger partial charge on any atom is 0.00919 e. The molecular weight excluding hydrogens is 158 g/mol. The molecule has 0 amide bonds. The molecule has 2 atom stereocenters. The Morgan fingerprint density at radius 2 is 1.77 bits per heavy atom. The van der Waals surface area contributed by atoms with Crippen LogP contribution in [0.3, 0.4) is 0 Å². The van der Waals surface area contributed by atoms with E-state index >= 15 is 0 Å². The standard InChI is InChI=1S/C12H25N/c1-12(2,3)9-10-6-7-11(8-10)13(4)5/h10-11H,6-9H2,1-5H3/t10-,11+/m1/s1. The van der Waals surface area contributed by atoms with E-state index in [-0.39, 0.29) is 0 Å². The zero-order chi connectivity index (χ0) is 10.1. The van der Waals surface area contributed by atoms with E-state index in [4.69, 9.17) is 0 Å². The molecule has 0 aromatic carbocycles. The van der Waals surface area contributed by atoms with Gasteiger partial charge in [0, 0.05) is 6.04 Å². The van der Waals surface area contributed by atoms with Crippen molar-refractivity contribution in [3.8, 4) is 0 Å². The van der Waals surface area contributed by atoms with Gasteiger partial charge in [-0.25, -0.2) is 0 Å². The Labute approximate surface area is 83.5 Å². The third-order valence-electron chi connectivity index (χ3n) is 3.14. The van der Waals surface area contributed by atoms with Gasteiger partial charge in [0.1, 0.15) is 0 Å². The SMILES string of the molecule is CN(C)[C@H]1CC[C@@H](CC(C)(C)C)C1. The molecule has 1 saturated carbocycles. The lowest BCUT2D eigenvalue weighted by Gasteiger charge is -2.24. The molecule has 0 aromatic rings. The minimum atomic E-state index is 0.520. The molecule has 1 aliphatic rings. The van der Waals surface area contributed by atoms with Crippen molar-refractivity contribution in [3.05, 3.63) is 0 Å². The van der Waals surface area contributed by atoms with Gasteiger partial charge in [-0.2, -0.15) is 0 Å². The third kappa shape index (κ3) is 3.68. The highest BCUT2D eigenvalue weighted by Crippen LogP contribution is 2.36. The van der Waals surface area contributed by atoms with Crippen LogP contribution in [0.15, 0.2) is 0 Å². The van der Waals surface area contributed by atoms with Crippen molar-refractivity contribution in [2.75, 3.05) is 14.1 Å². The van der Waals surface area contributed by atoms with Crippen LogP contribution < -0.4 is 0 Å². The van der Waals surface area contributed by atoms with Crippen molar-refractivity contribution in [2.24, 2.45) is 11.3 Å². The van der Waals surface area contributed by atoms with Gasteiger partial charge in [0.25, 0.3) is 0 Å². The molecule has 0 heterocycles. The van der Waals surface area contributed by atoms with E-state index in [1.54, 1.807) is 0 Å². The molecule has 0 bridgehead atoms. The summed E-state index contributed by atoms with van der Waals surface area (Å²) in [5.74, 6) is 0.979. The summed E-state index contributed by atoms with van der Waals surface area (Å²) in [6.45, 7) is 7.07. The zero-order valence-corrected chi connectivity index (χ0v) is 9.93. The summed E-state index contributed by atoms with van der Waals surface area (Å²) in [5, 5.41) is 0. The number of hydrogen-bond donors (Lipinski definition) is 0. The summed E-state index contributed by atoms with van der Waals surface area (Å²) < 4.78 is 0. The average molecular weight is 183 g/mol. The lowest BCUT2D eigenvalue weighted by Crippen LogP contribution is -2.25. The van der Waals surface area contributed by atoms with Gasteiger partial charge in [-0.3, -0.25) is 0 Å². The van der Waals surface area contributed by atoms with Crippen LogP contribution in [0.5, 0.6) is 0 Å². The highest BCUT2D eigenvalue weighted by molar-refractivity contribution is 4.82. The van der Waals surface area contributed by atoms with Crippen LogP contribution in [0.1, 0.15) is 46.5 Å². The lowest BCUT2D eigenvalue weighted by molar-refractivity contribution is 0.261. The molecule has 0 radical (unpaired) electrons. The maximum absolute atomic E-state index is 2.39. The molecular formula is C12H25N. The van der Waals surface area contributed by atoms with Crippen molar-refractivity contribution in [1.82, 2.24) is 4.90 Å². The Kier molecular flexibility index (Phi) is 3.39. The van der Waals surface area contributed by atoms with Crippen LogP contribution in [0.25, 0.3) is 0 Å². The van der Waals surface area contributed by atoms with Crippen molar-refractivity contribution >= 4 is 0 Å². The summed E-state index contributed by atoms with van der Waals surface area (Å²) in [7, 11) is 4.42. The summed E-state index contributed by atoms with van der Waals surface area (Å²) >= 11 is 0. The number of hydrogen-bond acceptors (Lipinski definition) is 1. The number of rotatable bonds is 2. The first-order chi connectivity index (χ1) is 5.88. The third-order valence-corrected chi connectivity index (χ3v) is 3.14. The number of nitrogens with zero attached hydrogens (tertiary/aromatic N) is 1. The van der Waals surface area contributed by atoms with E-state index in [9.17, 15) is 0 Å². The summed E-state index contributed by atoms with van der Waals surface area (Å²) in [4.78, 5) is 2.39. The van der Waals surface area contributed by atoms with Crippen molar-refractivity contribution in [1.29, 1.82) is 0 Å². The molecule has 1 fully saturated rings. The Morgan fingerprint density at radius 1 is 1.15 bits per heavy atom. The molecule has 0 N–H and O–H groups in total. The van der Waals surface area contributed by atoms with E-state index in [0.717, 1.165) is 12.0 Å². The zero-order valence-electron chi connectivity index (χ0n) is 9.93. The van der Waals surface area contributed by atoms with Crippen molar-refractivity contribution in [3.63, 3.8) is 0 Å². The second-order valence-corrected chi connectivity index (χ2v) is 6.06. The molecule has 0 saturated heterocycles. The van der Waals surface area contributed by atoms with Crippen LogP contribution in [0.2, 0.25) is 0 Å². The molecule has 1 aliphatic carbocycles. The van der Waals surface area contributed by atoms with Gasteiger partial charge in [-0.1, -0.05) is 20.8 Å². The highest BCUT2D eigenvalue weighted by atomic mass is 15.1. The Hall–Kier alpha value is -0.0400. The quantitative estimate of drug-likeness (QED) is 0.635. The summed E-state index contributed by atoms with van der Waals surface area (Å²) in [6, 6.07) is 0.854. The second-order valence-electron chi connectivity index (χ2n) is 6.06. The van der Waals surface area contributed by atoms with Gasteiger partial charge < -0.3 is 4.90 Å². The molecule has 1 rings (SSSR count). The van der Waals surface area contributed by atoms with Crippen LogP contribution in [0.4, 0.5) is 0 Å². The highest BCUT2D eigenvalue weighted by Gasteiger charge is 2.28. The fourth-order valence-electron chi connectivity index (χ4n) is 2.57. The van der Waals surface area contributed by atoms with Crippen LogP contribution >= 0.6 is 0 Å². The van der Waals surface area contributed by atoms with Gasteiger partial charge in [0.15, 0.2) is 0 Å². The predicted octanol–water partition coefficient (Wildman–Crippen LogP) is 3.15.